The van der Waals surface area contributed by atoms with E-state index in [1.807, 2.05) is 0 Å². The fourth-order valence-corrected chi connectivity index (χ4v) is 1.43. The second-order valence-corrected chi connectivity index (χ2v) is 5.93. The Morgan fingerprint density at radius 2 is 1.62 bits per heavy atom. The number of hydrogen-bond donors (Lipinski definition) is 0. The molecule has 13 heavy (non-hydrogen) atoms. The maximum absolute atomic E-state index is 12.6. The number of nitrogens with zero attached hydrogens (tertiary/aromatic N) is 1. The van der Waals surface area contributed by atoms with E-state index in [1.165, 1.54) is 0 Å². The summed E-state index contributed by atoms with van der Waals surface area (Å²) < 4.78 is 12.6. The first-order valence-electron chi connectivity index (χ1n) is 5.09. The molecule has 0 aromatic carbocycles. The van der Waals surface area contributed by atoms with Crippen molar-refractivity contribution < 1.29 is 4.39 Å². The highest BCUT2D eigenvalue weighted by atomic mass is 19.1. The lowest BCUT2D eigenvalue weighted by Gasteiger charge is -2.46. The Morgan fingerprint density at radius 1 is 1.15 bits per heavy atom. The first-order valence-corrected chi connectivity index (χ1v) is 5.09. The Balaban J connectivity index is 2.43. The van der Waals surface area contributed by atoms with Gasteiger partial charge in [-0.05, 0) is 10.8 Å². The molecular formula is C11H22FN. The van der Waals surface area contributed by atoms with Crippen LogP contribution in [0.1, 0.15) is 34.6 Å². The smallest absolute Gasteiger partial charge is 0.125 e. The van der Waals surface area contributed by atoms with Crippen molar-refractivity contribution in [3.8, 4) is 0 Å². The zero-order chi connectivity index (χ0) is 10.3. The van der Waals surface area contributed by atoms with Gasteiger partial charge in [-0.2, -0.15) is 0 Å². The van der Waals surface area contributed by atoms with Crippen LogP contribution in [-0.2, 0) is 0 Å². The Kier molecular flexibility index (Phi) is 2.73. The standard InChI is InChI=1S/C11H22FN/c1-10(2,3)11(4,5)8-13-6-9(12)7-13/h9H,6-8H2,1-5H3. The van der Waals surface area contributed by atoms with Crippen LogP contribution in [0.3, 0.4) is 0 Å². The predicted molar refractivity (Wildman–Crippen MR) is 54.6 cm³/mol. The van der Waals surface area contributed by atoms with Crippen molar-refractivity contribution >= 4 is 0 Å². The third kappa shape index (κ3) is 2.43. The van der Waals surface area contributed by atoms with Gasteiger partial charge in [0.25, 0.3) is 0 Å². The van der Waals surface area contributed by atoms with Crippen LogP contribution in [0.5, 0.6) is 0 Å². The van der Waals surface area contributed by atoms with Crippen molar-refractivity contribution in [2.75, 3.05) is 19.6 Å². The SMILES string of the molecule is CC(C)(C)C(C)(C)CN1CC(F)C1. The summed E-state index contributed by atoms with van der Waals surface area (Å²) in [5.74, 6) is 0. The number of hydrogen-bond acceptors (Lipinski definition) is 1. The van der Waals surface area contributed by atoms with Gasteiger partial charge in [0.2, 0.25) is 0 Å². The van der Waals surface area contributed by atoms with Gasteiger partial charge in [-0.3, -0.25) is 4.90 Å². The van der Waals surface area contributed by atoms with E-state index in [-0.39, 0.29) is 10.8 Å². The third-order valence-corrected chi connectivity index (χ3v) is 3.56. The van der Waals surface area contributed by atoms with Gasteiger partial charge in [-0.25, -0.2) is 4.39 Å². The molecule has 0 N–H and O–H groups in total. The molecule has 1 rings (SSSR count). The molecule has 0 aliphatic carbocycles. The zero-order valence-corrected chi connectivity index (χ0v) is 9.52. The Morgan fingerprint density at radius 3 is 1.92 bits per heavy atom. The highest BCUT2D eigenvalue weighted by Gasteiger charge is 2.37. The van der Waals surface area contributed by atoms with Crippen molar-refractivity contribution in [2.45, 2.75) is 40.8 Å². The lowest BCUT2D eigenvalue weighted by molar-refractivity contribution is -0.00236. The van der Waals surface area contributed by atoms with Gasteiger partial charge in [0.15, 0.2) is 0 Å². The largest absolute Gasteiger partial charge is 0.297 e. The summed E-state index contributed by atoms with van der Waals surface area (Å²) in [6.07, 6.45) is -0.573. The molecule has 0 unspecified atom stereocenters. The van der Waals surface area contributed by atoms with Crippen LogP contribution in [0.4, 0.5) is 4.39 Å². The Labute approximate surface area is 81.3 Å². The topological polar surface area (TPSA) is 3.24 Å². The molecule has 2 heteroatoms. The third-order valence-electron chi connectivity index (χ3n) is 3.56. The molecule has 1 aliphatic rings. The second-order valence-electron chi connectivity index (χ2n) is 5.93. The molecule has 0 amide bonds. The molecule has 0 saturated carbocycles. The van der Waals surface area contributed by atoms with E-state index < -0.39 is 6.17 Å². The van der Waals surface area contributed by atoms with Crippen LogP contribution in [0, 0.1) is 10.8 Å². The molecule has 0 spiro atoms. The average Bonchev–Trinajstić information content (AvgIpc) is 1.80. The van der Waals surface area contributed by atoms with E-state index in [0.717, 1.165) is 6.54 Å². The minimum atomic E-state index is -0.573. The average molecular weight is 187 g/mol. The molecule has 0 aromatic heterocycles. The Hall–Kier alpha value is -0.110. The van der Waals surface area contributed by atoms with Gasteiger partial charge in [0, 0.05) is 19.6 Å². The van der Waals surface area contributed by atoms with Crippen LogP contribution < -0.4 is 0 Å². The molecular weight excluding hydrogens is 165 g/mol. The highest BCUT2D eigenvalue weighted by Crippen LogP contribution is 2.39. The summed E-state index contributed by atoms with van der Waals surface area (Å²) in [5, 5.41) is 0. The summed E-state index contributed by atoms with van der Waals surface area (Å²) in [7, 11) is 0. The van der Waals surface area contributed by atoms with Gasteiger partial charge in [0.05, 0.1) is 0 Å². The lowest BCUT2D eigenvalue weighted by atomic mass is 9.69. The molecule has 1 saturated heterocycles. The number of alkyl halides is 1. The maximum Gasteiger partial charge on any atom is 0.125 e. The van der Waals surface area contributed by atoms with Crippen LogP contribution in [0.15, 0.2) is 0 Å². The lowest BCUT2D eigenvalue weighted by Crippen LogP contribution is -2.53. The van der Waals surface area contributed by atoms with Gasteiger partial charge >= 0.3 is 0 Å². The van der Waals surface area contributed by atoms with Crippen LogP contribution >= 0.6 is 0 Å². The first kappa shape index (κ1) is 11.0. The molecule has 1 heterocycles. The minimum Gasteiger partial charge on any atom is -0.297 e. The van der Waals surface area contributed by atoms with Crippen molar-refractivity contribution in [2.24, 2.45) is 10.8 Å². The summed E-state index contributed by atoms with van der Waals surface area (Å²) >= 11 is 0. The summed E-state index contributed by atoms with van der Waals surface area (Å²) in [5.41, 5.74) is 0.543. The van der Waals surface area contributed by atoms with E-state index in [2.05, 4.69) is 39.5 Å². The quantitative estimate of drug-likeness (QED) is 0.642. The molecule has 0 atom stereocenters. The minimum absolute atomic E-state index is 0.257. The van der Waals surface area contributed by atoms with Gasteiger partial charge in [0.1, 0.15) is 6.17 Å². The first-order chi connectivity index (χ1) is 5.72. The normalized spacial score (nSPS) is 21.7. The number of halogens is 1. The van der Waals surface area contributed by atoms with Gasteiger partial charge in [-0.15, -0.1) is 0 Å². The molecule has 0 aromatic rings. The highest BCUT2D eigenvalue weighted by molar-refractivity contribution is 4.89. The van der Waals surface area contributed by atoms with Gasteiger partial charge in [-0.1, -0.05) is 34.6 Å². The Bertz CT molecular complexity index is 175. The maximum atomic E-state index is 12.6. The summed E-state index contributed by atoms with van der Waals surface area (Å²) in [4.78, 5) is 2.20. The fraction of sp³-hybridized carbons (Fsp3) is 1.00. The van der Waals surface area contributed by atoms with Crippen LogP contribution in [0.25, 0.3) is 0 Å². The summed E-state index contributed by atoms with van der Waals surface area (Å²) in [6, 6.07) is 0. The molecule has 0 radical (unpaired) electrons. The van der Waals surface area contributed by atoms with E-state index in [0.29, 0.717) is 13.1 Å². The molecule has 1 aliphatic heterocycles. The fourth-order valence-electron chi connectivity index (χ4n) is 1.43. The van der Waals surface area contributed by atoms with E-state index in [4.69, 9.17) is 0 Å². The predicted octanol–water partition coefficient (Wildman–Crippen LogP) is 2.71. The van der Waals surface area contributed by atoms with Crippen molar-refractivity contribution in [1.29, 1.82) is 0 Å². The van der Waals surface area contributed by atoms with E-state index in [9.17, 15) is 4.39 Å². The monoisotopic (exact) mass is 187 g/mol. The van der Waals surface area contributed by atoms with Crippen molar-refractivity contribution in [3.05, 3.63) is 0 Å². The summed E-state index contributed by atoms with van der Waals surface area (Å²) in [6.45, 7) is 13.6. The van der Waals surface area contributed by atoms with Crippen molar-refractivity contribution in [1.82, 2.24) is 4.90 Å². The number of rotatable bonds is 2. The van der Waals surface area contributed by atoms with Crippen molar-refractivity contribution in [3.63, 3.8) is 0 Å². The molecule has 1 nitrogen and oxygen atoms in total. The zero-order valence-electron chi connectivity index (χ0n) is 9.52. The number of likely N-dealkylation sites (tertiary alicyclic amines) is 1. The molecule has 0 bridgehead atoms. The molecule has 1 fully saturated rings. The van der Waals surface area contributed by atoms with Gasteiger partial charge < -0.3 is 0 Å². The van der Waals surface area contributed by atoms with E-state index >= 15 is 0 Å². The molecule has 78 valence electrons. The van der Waals surface area contributed by atoms with Crippen LogP contribution in [-0.4, -0.2) is 30.7 Å². The van der Waals surface area contributed by atoms with Crippen LogP contribution in [0.2, 0.25) is 0 Å². The van der Waals surface area contributed by atoms with E-state index in [1.54, 1.807) is 0 Å². The second kappa shape index (κ2) is 3.23.